The average molecular weight is 378 g/mol. The van der Waals surface area contributed by atoms with Crippen LogP contribution in [0.5, 0.6) is 0 Å². The molecule has 0 fully saturated rings. The van der Waals surface area contributed by atoms with Gasteiger partial charge in [0.25, 0.3) is 0 Å². The summed E-state index contributed by atoms with van der Waals surface area (Å²) in [6.45, 7) is 13.5. The number of benzene rings is 2. The largest absolute Gasteiger partial charge is 0.208 e. The van der Waals surface area contributed by atoms with Crippen LogP contribution in [-0.4, -0.2) is 0 Å². The minimum Gasteiger partial charge on any atom is -0.208 e. The zero-order valence-electron chi connectivity index (χ0n) is 16.6. The Bertz CT molecular complexity index is 1120. The lowest BCUT2D eigenvalue weighted by Crippen LogP contribution is -2.27. The number of fused-ring (bicyclic) bond motifs is 5. The Labute approximate surface area is 172 Å². The van der Waals surface area contributed by atoms with Crippen molar-refractivity contribution in [1.29, 1.82) is 0 Å². The number of rotatable bonds is 4. The normalized spacial score (nSPS) is 19.2. The van der Waals surface area contributed by atoms with E-state index < -0.39 is 11.2 Å². The molecule has 0 saturated carbocycles. The highest BCUT2D eigenvalue weighted by Gasteiger charge is 2.52. The van der Waals surface area contributed by atoms with E-state index in [9.17, 15) is 4.39 Å². The van der Waals surface area contributed by atoms with Gasteiger partial charge in [-0.05, 0) is 57.5 Å². The number of halogens is 1. The van der Waals surface area contributed by atoms with Gasteiger partial charge in [0.05, 0.1) is 5.41 Å². The van der Waals surface area contributed by atoms with E-state index in [1.54, 1.807) is 0 Å². The summed E-state index contributed by atoms with van der Waals surface area (Å²) in [5.74, 6) is -0.473. The van der Waals surface area contributed by atoms with Gasteiger partial charge >= 0.3 is 0 Å². The maximum atomic E-state index is 13.7. The molecule has 0 aliphatic heterocycles. The summed E-state index contributed by atoms with van der Waals surface area (Å²) in [5, 5.41) is 0. The van der Waals surface area contributed by atoms with Crippen molar-refractivity contribution in [2.75, 3.05) is 0 Å². The second kappa shape index (κ2) is 7.18. The van der Waals surface area contributed by atoms with Gasteiger partial charge in [-0.15, -0.1) is 0 Å². The van der Waals surface area contributed by atoms with Gasteiger partial charge in [0.15, 0.2) is 0 Å². The number of allylic oxidation sites excluding steroid dienone is 11. The van der Waals surface area contributed by atoms with Crippen LogP contribution in [-0.2, 0) is 5.41 Å². The first-order chi connectivity index (χ1) is 14.1. The highest BCUT2D eigenvalue weighted by atomic mass is 19.1. The van der Waals surface area contributed by atoms with E-state index >= 15 is 0 Å². The molecule has 0 amide bonds. The zero-order chi connectivity index (χ0) is 20.6. The summed E-state index contributed by atoms with van der Waals surface area (Å²) in [5.41, 5.74) is 8.46. The fourth-order valence-corrected chi connectivity index (χ4v) is 4.91. The molecule has 0 nitrogen and oxygen atoms in total. The molecule has 1 heteroatoms. The van der Waals surface area contributed by atoms with Crippen LogP contribution in [0.4, 0.5) is 4.39 Å². The molecule has 4 rings (SSSR count). The topological polar surface area (TPSA) is 0 Å². The summed E-state index contributed by atoms with van der Waals surface area (Å²) in [6.07, 6.45) is 11.2. The van der Waals surface area contributed by atoms with Crippen molar-refractivity contribution < 1.29 is 4.39 Å². The summed E-state index contributed by atoms with van der Waals surface area (Å²) in [6, 6.07) is 16.9. The molecule has 2 aromatic carbocycles. The molecule has 0 radical (unpaired) electrons. The van der Waals surface area contributed by atoms with Crippen LogP contribution in [0.2, 0.25) is 0 Å². The fourth-order valence-electron chi connectivity index (χ4n) is 4.91. The van der Waals surface area contributed by atoms with Crippen LogP contribution in [0.15, 0.2) is 133 Å². The molecule has 0 N–H and O–H groups in total. The molecule has 2 aromatic rings. The van der Waals surface area contributed by atoms with Crippen LogP contribution in [0.1, 0.15) is 18.1 Å². The molecule has 0 heterocycles. The van der Waals surface area contributed by atoms with Crippen molar-refractivity contribution in [1.82, 2.24) is 0 Å². The van der Waals surface area contributed by atoms with Crippen LogP contribution < -0.4 is 0 Å². The molecule has 2 aliphatic rings. The maximum absolute atomic E-state index is 13.7. The Kier molecular flexibility index (Phi) is 4.68. The summed E-state index contributed by atoms with van der Waals surface area (Å²) in [7, 11) is 0. The van der Waals surface area contributed by atoms with Gasteiger partial charge in [0, 0.05) is 0 Å². The van der Waals surface area contributed by atoms with Crippen LogP contribution >= 0.6 is 0 Å². The van der Waals surface area contributed by atoms with Gasteiger partial charge < -0.3 is 0 Å². The minimum absolute atomic E-state index is 0.473. The van der Waals surface area contributed by atoms with Gasteiger partial charge in [-0.3, -0.25) is 0 Å². The summed E-state index contributed by atoms with van der Waals surface area (Å²) >= 11 is 0. The van der Waals surface area contributed by atoms with Gasteiger partial charge in [-0.2, -0.15) is 0 Å². The lowest BCUT2D eigenvalue weighted by Gasteiger charge is -2.32. The molecular weight excluding hydrogens is 355 g/mol. The van der Waals surface area contributed by atoms with Crippen LogP contribution in [0.25, 0.3) is 11.1 Å². The predicted molar refractivity (Wildman–Crippen MR) is 121 cm³/mol. The lowest BCUT2D eigenvalue weighted by molar-refractivity contribution is 0.670. The summed E-state index contributed by atoms with van der Waals surface area (Å²) < 4.78 is 13.7. The van der Waals surface area contributed by atoms with Gasteiger partial charge in [0.1, 0.15) is 5.83 Å². The van der Waals surface area contributed by atoms with E-state index in [-0.39, 0.29) is 0 Å². The number of hydrogen-bond acceptors (Lipinski definition) is 0. The van der Waals surface area contributed by atoms with Crippen molar-refractivity contribution in [2.24, 2.45) is 0 Å². The standard InChI is InChI=1S/C28H23F/c1-5-12-24-20(6-2)21(7-3)27(18-17-19(4)29)28(24)25-15-10-8-13-22(25)23-14-9-11-16-26(23)28/h5-18H,1,3-4H2,2H3/b18-17-,20-6-,24-12+. The third-order valence-electron chi connectivity index (χ3n) is 5.84. The number of hydrogen-bond donors (Lipinski definition) is 0. The summed E-state index contributed by atoms with van der Waals surface area (Å²) in [4.78, 5) is 0. The van der Waals surface area contributed by atoms with Crippen molar-refractivity contribution in [2.45, 2.75) is 12.3 Å². The molecule has 0 unspecified atom stereocenters. The minimum atomic E-state index is -0.543. The van der Waals surface area contributed by atoms with Gasteiger partial charge in [0.2, 0.25) is 0 Å². The molecule has 0 aromatic heterocycles. The molecule has 0 atom stereocenters. The maximum Gasteiger partial charge on any atom is 0.116 e. The predicted octanol–water partition coefficient (Wildman–Crippen LogP) is 7.55. The van der Waals surface area contributed by atoms with Crippen molar-refractivity contribution in [3.63, 3.8) is 0 Å². The monoisotopic (exact) mass is 378 g/mol. The molecule has 1 spiro atoms. The molecule has 0 bridgehead atoms. The molecule has 2 aliphatic carbocycles. The molecule has 0 saturated heterocycles. The smallest absolute Gasteiger partial charge is 0.116 e. The highest BCUT2D eigenvalue weighted by Crippen LogP contribution is 2.63. The first kappa shape index (κ1) is 18.9. The average Bonchev–Trinajstić information content (AvgIpc) is 3.18. The lowest BCUT2D eigenvalue weighted by atomic mass is 9.69. The van der Waals surface area contributed by atoms with E-state index in [1.165, 1.54) is 28.3 Å². The molecule has 142 valence electrons. The van der Waals surface area contributed by atoms with E-state index in [0.717, 1.165) is 22.3 Å². The van der Waals surface area contributed by atoms with Gasteiger partial charge in [-0.1, -0.05) is 98.6 Å². The highest BCUT2D eigenvalue weighted by molar-refractivity contribution is 5.91. The Morgan fingerprint density at radius 3 is 2.03 bits per heavy atom. The SMILES string of the molecule is C=C/C=C1\C(=C/C)C(C=C)=C(/C=C\C(=C)F)C12c1ccccc1-c1ccccc12. The Hall–Kier alpha value is -3.45. The van der Waals surface area contributed by atoms with Crippen molar-refractivity contribution >= 4 is 0 Å². The molecular formula is C28H23F. The Morgan fingerprint density at radius 2 is 1.55 bits per heavy atom. The fraction of sp³-hybridized carbons (Fsp3) is 0.0714. The van der Waals surface area contributed by atoms with Crippen LogP contribution in [0.3, 0.4) is 0 Å². The van der Waals surface area contributed by atoms with Crippen molar-refractivity contribution in [3.8, 4) is 11.1 Å². The van der Waals surface area contributed by atoms with E-state index in [4.69, 9.17) is 0 Å². The zero-order valence-corrected chi connectivity index (χ0v) is 16.6. The quantitative estimate of drug-likeness (QED) is 0.482. The van der Waals surface area contributed by atoms with E-state index in [1.807, 2.05) is 25.2 Å². The van der Waals surface area contributed by atoms with E-state index in [0.29, 0.717) is 0 Å². The third kappa shape index (κ3) is 2.51. The third-order valence-corrected chi connectivity index (χ3v) is 5.84. The Morgan fingerprint density at radius 1 is 0.966 bits per heavy atom. The van der Waals surface area contributed by atoms with Gasteiger partial charge in [-0.25, -0.2) is 4.39 Å². The molecule has 29 heavy (non-hydrogen) atoms. The van der Waals surface area contributed by atoms with Crippen LogP contribution in [0, 0.1) is 0 Å². The van der Waals surface area contributed by atoms with Crippen molar-refractivity contribution in [3.05, 3.63) is 144 Å². The second-order valence-electron chi connectivity index (χ2n) is 7.17. The van der Waals surface area contributed by atoms with E-state index in [2.05, 4.69) is 80.4 Å². The second-order valence-corrected chi connectivity index (χ2v) is 7.17. The Balaban J connectivity index is 2.23. The first-order valence-electron chi connectivity index (χ1n) is 9.70. The first-order valence-corrected chi connectivity index (χ1v) is 9.70.